The first-order valence-corrected chi connectivity index (χ1v) is 9.26. The van der Waals surface area contributed by atoms with E-state index in [0.717, 1.165) is 6.07 Å². The third kappa shape index (κ3) is 4.07. The van der Waals surface area contributed by atoms with Crippen molar-refractivity contribution in [3.8, 4) is 0 Å². The molecule has 0 fully saturated rings. The molecule has 0 spiro atoms. The summed E-state index contributed by atoms with van der Waals surface area (Å²) < 4.78 is 43.2. The first-order chi connectivity index (χ1) is 13.5. The number of carbonyl (C=O) groups excluding carboxylic acids is 1. The Kier molecular flexibility index (Phi) is 5.57. The summed E-state index contributed by atoms with van der Waals surface area (Å²) in [7, 11) is 1.59. The van der Waals surface area contributed by atoms with E-state index in [4.69, 9.17) is 11.6 Å². The van der Waals surface area contributed by atoms with Gasteiger partial charge in [0.1, 0.15) is 6.54 Å². The number of likely N-dealkylation sites (N-methyl/N-ethyl adjacent to an activating group) is 1. The third-order valence-corrected chi connectivity index (χ3v) is 4.92. The van der Waals surface area contributed by atoms with E-state index < -0.39 is 11.7 Å². The maximum absolute atomic E-state index is 13.4. The van der Waals surface area contributed by atoms with Gasteiger partial charge in [-0.15, -0.1) is 0 Å². The van der Waals surface area contributed by atoms with Crippen LogP contribution in [0.5, 0.6) is 0 Å². The number of amides is 1. The molecule has 0 N–H and O–H groups in total. The lowest BCUT2D eigenvalue weighted by molar-refractivity contribution is -0.136. The summed E-state index contributed by atoms with van der Waals surface area (Å²) in [4.78, 5) is 18.3. The number of alkyl halides is 3. The lowest BCUT2D eigenvalue weighted by atomic mass is 10.1. The van der Waals surface area contributed by atoms with Gasteiger partial charge in [-0.2, -0.15) is 23.4 Å². The van der Waals surface area contributed by atoms with E-state index in [1.54, 1.807) is 11.7 Å². The van der Waals surface area contributed by atoms with Gasteiger partial charge in [0.2, 0.25) is 5.91 Å². The average molecular weight is 429 g/mol. The molecule has 7 nitrogen and oxygen atoms in total. The van der Waals surface area contributed by atoms with E-state index in [1.165, 1.54) is 29.6 Å². The molecule has 0 radical (unpaired) electrons. The summed E-state index contributed by atoms with van der Waals surface area (Å²) in [6.45, 7) is 5.41. The van der Waals surface area contributed by atoms with Crippen molar-refractivity contribution in [2.45, 2.75) is 46.6 Å². The van der Waals surface area contributed by atoms with Crippen LogP contribution in [0, 0.1) is 13.8 Å². The second kappa shape index (κ2) is 7.66. The van der Waals surface area contributed by atoms with Crippen molar-refractivity contribution >= 4 is 28.5 Å². The second-order valence-electron chi connectivity index (χ2n) is 6.76. The number of fused-ring (bicyclic) bond motifs is 1. The first-order valence-electron chi connectivity index (χ1n) is 8.89. The molecule has 0 aliphatic heterocycles. The summed E-state index contributed by atoms with van der Waals surface area (Å²) in [5.74, 6) is -0.341. The molecule has 0 aromatic carbocycles. The Labute approximate surface area is 170 Å². The predicted molar refractivity (Wildman–Crippen MR) is 101 cm³/mol. The van der Waals surface area contributed by atoms with Crippen molar-refractivity contribution in [2.75, 3.05) is 7.05 Å². The minimum Gasteiger partial charge on any atom is -0.338 e. The Morgan fingerprint density at radius 1 is 1.28 bits per heavy atom. The van der Waals surface area contributed by atoms with Crippen LogP contribution >= 0.6 is 11.6 Å². The highest BCUT2D eigenvalue weighted by atomic mass is 35.5. The van der Waals surface area contributed by atoms with Gasteiger partial charge in [0.15, 0.2) is 5.65 Å². The summed E-state index contributed by atoms with van der Waals surface area (Å²) in [5, 5.41) is 8.62. The minimum absolute atomic E-state index is 0.0354. The number of hydrogen-bond donors (Lipinski definition) is 0. The zero-order valence-corrected chi connectivity index (χ0v) is 17.1. The SMILES string of the molecule is CCn1ncc(Cl)c1CN(C)C(=O)Cn1nc(C)c2c(C(F)(F)F)cc(C)nc21. The van der Waals surface area contributed by atoms with Gasteiger partial charge in [0.25, 0.3) is 0 Å². The van der Waals surface area contributed by atoms with Crippen LogP contribution in [0.3, 0.4) is 0 Å². The maximum Gasteiger partial charge on any atom is 0.417 e. The molecular formula is C18H20ClF3N6O. The van der Waals surface area contributed by atoms with Gasteiger partial charge >= 0.3 is 6.18 Å². The van der Waals surface area contributed by atoms with E-state index in [9.17, 15) is 18.0 Å². The van der Waals surface area contributed by atoms with Crippen molar-refractivity contribution < 1.29 is 18.0 Å². The molecule has 0 unspecified atom stereocenters. The van der Waals surface area contributed by atoms with Crippen molar-refractivity contribution in [3.63, 3.8) is 0 Å². The summed E-state index contributed by atoms with van der Waals surface area (Å²) in [6.07, 6.45) is -3.03. The highest BCUT2D eigenvalue weighted by Crippen LogP contribution is 2.36. The summed E-state index contributed by atoms with van der Waals surface area (Å²) >= 11 is 6.14. The molecule has 0 aliphatic rings. The molecule has 3 aromatic heterocycles. The number of pyridine rings is 1. The quantitative estimate of drug-likeness (QED) is 0.622. The van der Waals surface area contributed by atoms with Crippen LogP contribution in [-0.4, -0.2) is 42.4 Å². The lowest BCUT2D eigenvalue weighted by Gasteiger charge is -2.18. The van der Waals surface area contributed by atoms with Crippen LogP contribution < -0.4 is 0 Å². The Morgan fingerprint density at radius 2 is 1.97 bits per heavy atom. The molecule has 0 atom stereocenters. The van der Waals surface area contributed by atoms with Gasteiger partial charge < -0.3 is 4.90 Å². The molecule has 0 aliphatic carbocycles. The minimum atomic E-state index is -4.54. The molecule has 0 saturated heterocycles. The molecule has 0 bridgehead atoms. The molecule has 156 valence electrons. The first kappa shape index (κ1) is 21.1. The predicted octanol–water partition coefficient (Wildman–Crippen LogP) is 3.60. The maximum atomic E-state index is 13.4. The Balaban J connectivity index is 1.91. The van der Waals surface area contributed by atoms with Crippen LogP contribution in [0.1, 0.15) is 29.6 Å². The monoisotopic (exact) mass is 428 g/mol. The Bertz CT molecular complexity index is 1070. The average Bonchev–Trinajstić information content (AvgIpc) is 3.13. The van der Waals surface area contributed by atoms with Gasteiger partial charge in [-0.25, -0.2) is 9.67 Å². The zero-order chi connectivity index (χ0) is 21.5. The number of aromatic nitrogens is 5. The van der Waals surface area contributed by atoms with Crippen LogP contribution in [-0.2, 0) is 30.6 Å². The Hall–Kier alpha value is -2.62. The zero-order valence-electron chi connectivity index (χ0n) is 16.4. The number of nitrogens with zero attached hydrogens (tertiary/aromatic N) is 6. The molecule has 29 heavy (non-hydrogen) atoms. The van der Waals surface area contributed by atoms with Crippen molar-refractivity contribution in [1.82, 2.24) is 29.4 Å². The van der Waals surface area contributed by atoms with Crippen molar-refractivity contribution in [2.24, 2.45) is 0 Å². The molecule has 3 heterocycles. The fraction of sp³-hybridized carbons (Fsp3) is 0.444. The van der Waals surface area contributed by atoms with E-state index in [0.29, 0.717) is 17.3 Å². The standard InChI is InChI=1S/C18H20ClF3N6O/c1-5-27-14(13(19)7-23-27)8-26(4)15(29)9-28-17-16(11(3)25-28)12(18(20,21)22)6-10(2)24-17/h6-7H,5,8-9H2,1-4H3. The third-order valence-electron chi connectivity index (χ3n) is 4.61. The number of hydrogen-bond acceptors (Lipinski definition) is 4. The highest BCUT2D eigenvalue weighted by molar-refractivity contribution is 6.31. The number of rotatable bonds is 5. The van der Waals surface area contributed by atoms with Gasteiger partial charge in [0, 0.05) is 19.3 Å². The molecule has 0 saturated carbocycles. The van der Waals surface area contributed by atoms with Gasteiger partial charge in [-0.05, 0) is 26.8 Å². The van der Waals surface area contributed by atoms with E-state index in [1.807, 2.05) is 6.92 Å². The fourth-order valence-corrected chi connectivity index (χ4v) is 3.39. The smallest absolute Gasteiger partial charge is 0.338 e. The Morgan fingerprint density at radius 3 is 2.59 bits per heavy atom. The van der Waals surface area contributed by atoms with Gasteiger partial charge in [0.05, 0.1) is 40.1 Å². The van der Waals surface area contributed by atoms with Crippen LogP contribution in [0.25, 0.3) is 11.0 Å². The van der Waals surface area contributed by atoms with Crippen LogP contribution in [0.15, 0.2) is 12.3 Å². The van der Waals surface area contributed by atoms with Crippen LogP contribution in [0.2, 0.25) is 5.02 Å². The normalized spacial score (nSPS) is 12.0. The topological polar surface area (TPSA) is 68.8 Å². The van der Waals surface area contributed by atoms with Gasteiger partial charge in [-0.1, -0.05) is 11.6 Å². The van der Waals surface area contributed by atoms with Crippen molar-refractivity contribution in [1.29, 1.82) is 0 Å². The van der Waals surface area contributed by atoms with Crippen molar-refractivity contribution in [3.05, 3.63) is 39.9 Å². The summed E-state index contributed by atoms with van der Waals surface area (Å²) in [5.41, 5.74) is 0.282. The number of aryl methyl sites for hydroxylation is 3. The second-order valence-corrected chi connectivity index (χ2v) is 7.16. The molecule has 1 amide bonds. The number of halogens is 4. The molecule has 3 rings (SSSR count). The van der Waals surface area contributed by atoms with Crippen LogP contribution in [0.4, 0.5) is 13.2 Å². The summed E-state index contributed by atoms with van der Waals surface area (Å²) in [6, 6.07) is 0.989. The largest absolute Gasteiger partial charge is 0.417 e. The van der Waals surface area contributed by atoms with E-state index in [2.05, 4.69) is 15.2 Å². The molecular weight excluding hydrogens is 409 g/mol. The fourth-order valence-electron chi connectivity index (χ4n) is 3.19. The molecule has 11 heteroatoms. The van der Waals surface area contributed by atoms with Gasteiger partial charge in [-0.3, -0.25) is 9.48 Å². The lowest BCUT2D eigenvalue weighted by Crippen LogP contribution is -2.31. The van der Waals surface area contributed by atoms with E-state index in [-0.39, 0.29) is 41.4 Å². The molecule has 3 aromatic rings. The highest BCUT2D eigenvalue weighted by Gasteiger charge is 2.35. The van der Waals surface area contributed by atoms with E-state index >= 15 is 0 Å². The number of carbonyl (C=O) groups is 1.